The van der Waals surface area contributed by atoms with Crippen LogP contribution in [0.3, 0.4) is 0 Å². The van der Waals surface area contributed by atoms with Crippen molar-refractivity contribution in [3.05, 3.63) is 57.6 Å². The van der Waals surface area contributed by atoms with Crippen molar-refractivity contribution in [2.24, 2.45) is 0 Å². The molecular formula is C15H13BrN2. The van der Waals surface area contributed by atoms with E-state index in [0.717, 1.165) is 15.8 Å². The number of benzene rings is 2. The van der Waals surface area contributed by atoms with E-state index in [1.165, 1.54) is 11.1 Å². The molecule has 0 spiro atoms. The summed E-state index contributed by atoms with van der Waals surface area (Å²) in [5, 5.41) is 12.5. The predicted octanol–water partition coefficient (Wildman–Crippen LogP) is 4.68. The lowest BCUT2D eigenvalue weighted by atomic mass is 10.1. The first-order valence-corrected chi connectivity index (χ1v) is 6.44. The van der Waals surface area contributed by atoms with E-state index >= 15 is 0 Å². The summed E-state index contributed by atoms with van der Waals surface area (Å²) in [7, 11) is 0. The third-order valence-electron chi connectivity index (χ3n) is 2.98. The van der Waals surface area contributed by atoms with Gasteiger partial charge in [-0.15, -0.1) is 0 Å². The second kappa shape index (κ2) is 5.24. The van der Waals surface area contributed by atoms with Crippen LogP contribution in [0.4, 0.5) is 11.4 Å². The number of nitriles is 1. The van der Waals surface area contributed by atoms with Crippen LogP contribution in [0.25, 0.3) is 0 Å². The van der Waals surface area contributed by atoms with Crippen molar-refractivity contribution < 1.29 is 0 Å². The highest BCUT2D eigenvalue weighted by atomic mass is 79.9. The van der Waals surface area contributed by atoms with Gasteiger partial charge in [0.15, 0.2) is 0 Å². The van der Waals surface area contributed by atoms with Gasteiger partial charge < -0.3 is 5.32 Å². The second-order valence-electron chi connectivity index (χ2n) is 4.17. The SMILES string of the molecule is Cc1cccc(Nc2ccc(Br)cc2C#N)c1C. The van der Waals surface area contributed by atoms with Crippen LogP contribution in [0, 0.1) is 25.2 Å². The molecule has 0 fully saturated rings. The number of rotatable bonds is 2. The zero-order valence-electron chi connectivity index (χ0n) is 10.3. The van der Waals surface area contributed by atoms with E-state index in [2.05, 4.69) is 47.2 Å². The molecule has 0 atom stereocenters. The predicted molar refractivity (Wildman–Crippen MR) is 78.1 cm³/mol. The molecular weight excluding hydrogens is 288 g/mol. The maximum absolute atomic E-state index is 9.13. The quantitative estimate of drug-likeness (QED) is 0.874. The van der Waals surface area contributed by atoms with Crippen LogP contribution in [-0.4, -0.2) is 0 Å². The van der Waals surface area contributed by atoms with Gasteiger partial charge in [-0.05, 0) is 49.2 Å². The summed E-state index contributed by atoms with van der Waals surface area (Å²) in [5.74, 6) is 0. The molecule has 0 saturated carbocycles. The Kier molecular flexibility index (Phi) is 3.69. The maximum atomic E-state index is 9.13. The third kappa shape index (κ3) is 2.55. The van der Waals surface area contributed by atoms with Crippen LogP contribution in [0.5, 0.6) is 0 Å². The number of nitrogens with zero attached hydrogens (tertiary/aromatic N) is 1. The number of hydrogen-bond acceptors (Lipinski definition) is 2. The van der Waals surface area contributed by atoms with E-state index in [1.807, 2.05) is 30.3 Å². The molecule has 0 saturated heterocycles. The molecule has 0 aromatic heterocycles. The largest absolute Gasteiger partial charge is 0.354 e. The van der Waals surface area contributed by atoms with Gasteiger partial charge in [0.1, 0.15) is 6.07 Å². The van der Waals surface area contributed by atoms with Gasteiger partial charge >= 0.3 is 0 Å². The molecule has 0 bridgehead atoms. The first kappa shape index (κ1) is 12.7. The lowest BCUT2D eigenvalue weighted by molar-refractivity contribution is 1.33. The third-order valence-corrected chi connectivity index (χ3v) is 3.47. The van der Waals surface area contributed by atoms with Crippen molar-refractivity contribution in [2.75, 3.05) is 5.32 Å². The Balaban J connectivity index is 2.41. The van der Waals surface area contributed by atoms with Crippen molar-refractivity contribution in [3.63, 3.8) is 0 Å². The van der Waals surface area contributed by atoms with Crippen LogP contribution < -0.4 is 5.32 Å². The van der Waals surface area contributed by atoms with E-state index in [0.29, 0.717) is 5.56 Å². The Morgan fingerprint density at radius 3 is 2.61 bits per heavy atom. The highest BCUT2D eigenvalue weighted by molar-refractivity contribution is 9.10. The fourth-order valence-electron chi connectivity index (χ4n) is 1.75. The van der Waals surface area contributed by atoms with Gasteiger partial charge in [-0.2, -0.15) is 5.26 Å². The maximum Gasteiger partial charge on any atom is 0.101 e. The van der Waals surface area contributed by atoms with Gasteiger partial charge in [-0.25, -0.2) is 0 Å². The molecule has 1 N–H and O–H groups in total. The topological polar surface area (TPSA) is 35.8 Å². The molecule has 2 nitrogen and oxygen atoms in total. The summed E-state index contributed by atoms with van der Waals surface area (Å²) in [4.78, 5) is 0. The number of nitrogens with one attached hydrogen (secondary N) is 1. The van der Waals surface area contributed by atoms with Gasteiger partial charge in [0.2, 0.25) is 0 Å². The molecule has 2 aromatic rings. The van der Waals surface area contributed by atoms with Crippen molar-refractivity contribution in [2.45, 2.75) is 13.8 Å². The summed E-state index contributed by atoms with van der Waals surface area (Å²) in [6.45, 7) is 4.15. The molecule has 0 radical (unpaired) electrons. The number of hydrogen-bond donors (Lipinski definition) is 1. The molecule has 3 heteroatoms. The minimum atomic E-state index is 0.630. The van der Waals surface area contributed by atoms with Crippen LogP contribution in [0.2, 0.25) is 0 Å². The number of anilines is 2. The Morgan fingerprint density at radius 2 is 1.89 bits per heavy atom. The monoisotopic (exact) mass is 300 g/mol. The van der Waals surface area contributed by atoms with Gasteiger partial charge in [-0.1, -0.05) is 28.1 Å². The summed E-state index contributed by atoms with van der Waals surface area (Å²) in [5.41, 5.74) is 4.92. The van der Waals surface area contributed by atoms with Crippen LogP contribution >= 0.6 is 15.9 Å². The van der Waals surface area contributed by atoms with Crippen molar-refractivity contribution in [1.29, 1.82) is 5.26 Å². The molecule has 0 heterocycles. The molecule has 0 unspecified atom stereocenters. The van der Waals surface area contributed by atoms with E-state index in [4.69, 9.17) is 5.26 Å². The zero-order valence-corrected chi connectivity index (χ0v) is 11.9. The first-order valence-electron chi connectivity index (χ1n) is 5.64. The van der Waals surface area contributed by atoms with Crippen molar-refractivity contribution in [3.8, 4) is 6.07 Å². The molecule has 0 aliphatic heterocycles. The minimum Gasteiger partial charge on any atom is -0.354 e. The van der Waals surface area contributed by atoms with Crippen molar-refractivity contribution in [1.82, 2.24) is 0 Å². The smallest absolute Gasteiger partial charge is 0.101 e. The molecule has 0 aliphatic rings. The second-order valence-corrected chi connectivity index (χ2v) is 5.09. The van der Waals surface area contributed by atoms with E-state index in [9.17, 15) is 0 Å². The van der Waals surface area contributed by atoms with Crippen LogP contribution in [0.1, 0.15) is 16.7 Å². The lowest BCUT2D eigenvalue weighted by Gasteiger charge is -2.12. The van der Waals surface area contributed by atoms with Gasteiger partial charge in [0.25, 0.3) is 0 Å². The number of halogens is 1. The van der Waals surface area contributed by atoms with Crippen molar-refractivity contribution >= 4 is 27.3 Å². The summed E-state index contributed by atoms with van der Waals surface area (Å²) >= 11 is 3.37. The molecule has 2 aromatic carbocycles. The lowest BCUT2D eigenvalue weighted by Crippen LogP contribution is -1.97. The normalized spacial score (nSPS) is 9.89. The standard InChI is InChI=1S/C15H13BrN2/c1-10-4-3-5-14(11(10)2)18-15-7-6-13(16)8-12(15)9-17/h3-8,18H,1-2H3. The molecule has 18 heavy (non-hydrogen) atoms. The average molecular weight is 301 g/mol. The minimum absolute atomic E-state index is 0.630. The van der Waals surface area contributed by atoms with E-state index in [1.54, 1.807) is 0 Å². The fraction of sp³-hybridized carbons (Fsp3) is 0.133. The zero-order chi connectivity index (χ0) is 13.1. The summed E-state index contributed by atoms with van der Waals surface area (Å²) in [6, 6.07) is 13.9. The Labute approximate surface area is 115 Å². The summed E-state index contributed by atoms with van der Waals surface area (Å²) < 4.78 is 0.908. The first-order chi connectivity index (χ1) is 8.61. The Hall–Kier alpha value is -1.79. The van der Waals surface area contributed by atoms with Gasteiger partial charge in [0.05, 0.1) is 11.3 Å². The molecule has 90 valence electrons. The van der Waals surface area contributed by atoms with Gasteiger partial charge in [0, 0.05) is 10.2 Å². The average Bonchev–Trinajstić information content (AvgIpc) is 2.37. The summed E-state index contributed by atoms with van der Waals surface area (Å²) in [6.07, 6.45) is 0. The molecule has 0 aliphatic carbocycles. The van der Waals surface area contributed by atoms with E-state index in [-0.39, 0.29) is 0 Å². The number of aryl methyl sites for hydroxylation is 1. The van der Waals surface area contributed by atoms with Crippen LogP contribution in [0.15, 0.2) is 40.9 Å². The highest BCUT2D eigenvalue weighted by Gasteiger charge is 2.05. The fourth-order valence-corrected chi connectivity index (χ4v) is 2.11. The Morgan fingerprint density at radius 1 is 1.11 bits per heavy atom. The van der Waals surface area contributed by atoms with E-state index < -0.39 is 0 Å². The highest BCUT2D eigenvalue weighted by Crippen LogP contribution is 2.26. The van der Waals surface area contributed by atoms with Crippen LogP contribution in [-0.2, 0) is 0 Å². The molecule has 0 amide bonds. The van der Waals surface area contributed by atoms with Gasteiger partial charge in [-0.3, -0.25) is 0 Å². The Bertz CT molecular complexity index is 627. The molecule has 2 rings (SSSR count).